The molecule has 3 heterocycles. The fourth-order valence-electron chi connectivity index (χ4n) is 3.15. The lowest BCUT2D eigenvalue weighted by molar-refractivity contribution is 0.0528. The minimum Gasteiger partial charge on any atom is -0.489 e. The summed E-state index contributed by atoms with van der Waals surface area (Å²) in [5.41, 5.74) is 2.27. The van der Waals surface area contributed by atoms with Gasteiger partial charge in [0, 0.05) is 28.1 Å². The van der Waals surface area contributed by atoms with Crippen molar-refractivity contribution < 1.29 is 19.0 Å². The topological polar surface area (TPSA) is 57.7 Å². The van der Waals surface area contributed by atoms with Crippen LogP contribution in [0.5, 0.6) is 11.5 Å². The number of benzene rings is 1. The Balaban J connectivity index is 1.51. The number of thiophene rings is 2. The van der Waals surface area contributed by atoms with Gasteiger partial charge in [-0.2, -0.15) is 0 Å². The predicted octanol–water partition coefficient (Wildman–Crippen LogP) is 7.31. The van der Waals surface area contributed by atoms with Crippen molar-refractivity contribution in [3.8, 4) is 11.5 Å². The Morgan fingerprint density at radius 2 is 1.84 bits per heavy atom. The molecule has 32 heavy (non-hydrogen) atoms. The first kappa shape index (κ1) is 22.9. The zero-order valence-electron chi connectivity index (χ0n) is 17.3. The molecule has 166 valence electrons. The number of ether oxygens (including phenoxy) is 3. The molecule has 0 spiro atoms. The van der Waals surface area contributed by atoms with Gasteiger partial charge in [-0.15, -0.1) is 22.7 Å². The Bertz CT molecular complexity index is 1270. The number of aryl methyl sites for hydroxylation is 1. The first-order valence-corrected chi connectivity index (χ1v) is 12.2. The van der Waals surface area contributed by atoms with Gasteiger partial charge < -0.3 is 14.2 Å². The molecular weight excluding hydrogens is 489 g/mol. The van der Waals surface area contributed by atoms with Crippen LogP contribution in [0.1, 0.15) is 33.3 Å². The summed E-state index contributed by atoms with van der Waals surface area (Å²) >= 11 is 15.2. The highest BCUT2D eigenvalue weighted by molar-refractivity contribution is 7.18. The van der Waals surface area contributed by atoms with Gasteiger partial charge >= 0.3 is 5.97 Å². The lowest BCUT2D eigenvalue weighted by atomic mass is 10.1. The number of pyridine rings is 1. The average molecular weight is 508 g/mol. The van der Waals surface area contributed by atoms with Gasteiger partial charge in [-0.1, -0.05) is 23.2 Å². The summed E-state index contributed by atoms with van der Waals surface area (Å²) in [5, 5.41) is 2.96. The number of carbonyl (C=O) groups excluding carboxylic acids is 1. The first-order chi connectivity index (χ1) is 15.4. The first-order valence-electron chi connectivity index (χ1n) is 9.77. The molecule has 0 radical (unpaired) electrons. The summed E-state index contributed by atoms with van der Waals surface area (Å²) in [6.07, 6.45) is 1.45. The Morgan fingerprint density at radius 3 is 2.53 bits per heavy atom. The molecule has 1 aromatic carbocycles. The lowest BCUT2D eigenvalue weighted by Gasteiger charge is -2.11. The van der Waals surface area contributed by atoms with Crippen LogP contribution in [0, 0.1) is 6.92 Å². The largest absolute Gasteiger partial charge is 0.489 e. The summed E-state index contributed by atoms with van der Waals surface area (Å²) in [5.74, 6) is 0.974. The van der Waals surface area contributed by atoms with Gasteiger partial charge in [-0.25, -0.2) is 9.78 Å². The molecule has 0 saturated carbocycles. The highest BCUT2D eigenvalue weighted by Gasteiger charge is 2.19. The third kappa shape index (κ3) is 5.18. The Hall–Kier alpha value is -2.32. The second kappa shape index (κ2) is 10.1. The van der Waals surface area contributed by atoms with Crippen LogP contribution in [0.3, 0.4) is 0 Å². The van der Waals surface area contributed by atoms with E-state index < -0.39 is 5.97 Å². The molecule has 4 rings (SSSR count). The van der Waals surface area contributed by atoms with Crippen LogP contribution in [0.15, 0.2) is 41.9 Å². The van der Waals surface area contributed by atoms with Crippen LogP contribution < -0.4 is 9.47 Å². The number of nitrogens with zero attached hydrogens (tertiary/aromatic N) is 1. The molecule has 0 fully saturated rings. The second-order valence-electron chi connectivity index (χ2n) is 6.91. The minimum atomic E-state index is -0.413. The summed E-state index contributed by atoms with van der Waals surface area (Å²) in [6, 6.07) is 9.54. The standard InChI is InChI=1S/C23H19Cl2NO4S2/c1-3-28-23(27)18-9-26-22(25)20-14(12-31-21(18)20)10-29-15-6-13(2)7-16(8-15)30-11-17-4-5-19(24)32-17/h4-9,12H,3,10-11H2,1-2H3. The molecule has 0 unspecified atom stereocenters. The molecule has 4 aromatic rings. The maximum Gasteiger partial charge on any atom is 0.341 e. The smallest absolute Gasteiger partial charge is 0.341 e. The maximum absolute atomic E-state index is 12.2. The Morgan fingerprint density at radius 1 is 1.09 bits per heavy atom. The maximum atomic E-state index is 12.2. The molecule has 0 saturated heterocycles. The number of hydrogen-bond donors (Lipinski definition) is 0. The average Bonchev–Trinajstić information content (AvgIpc) is 3.37. The van der Waals surface area contributed by atoms with E-state index in [-0.39, 0.29) is 6.61 Å². The van der Waals surface area contributed by atoms with Crippen LogP contribution in [0.25, 0.3) is 10.1 Å². The molecule has 5 nitrogen and oxygen atoms in total. The van der Waals surface area contributed by atoms with Crippen LogP contribution in [0.2, 0.25) is 9.49 Å². The van der Waals surface area contributed by atoms with E-state index in [2.05, 4.69) is 4.98 Å². The fraction of sp³-hybridized carbons (Fsp3) is 0.217. The SMILES string of the molecule is CCOC(=O)c1cnc(Cl)c2c(COc3cc(C)cc(OCc4ccc(Cl)s4)c3)csc12. The van der Waals surface area contributed by atoms with Gasteiger partial charge in [0.25, 0.3) is 0 Å². The van der Waals surface area contributed by atoms with Crippen LogP contribution in [0.4, 0.5) is 0 Å². The number of fused-ring (bicyclic) bond motifs is 1. The molecule has 0 amide bonds. The molecular formula is C23H19Cl2NO4S2. The minimum absolute atomic E-state index is 0.275. The number of rotatable bonds is 8. The van der Waals surface area contributed by atoms with Crippen molar-refractivity contribution in [2.75, 3.05) is 6.61 Å². The summed E-state index contributed by atoms with van der Waals surface area (Å²) in [7, 11) is 0. The van der Waals surface area contributed by atoms with E-state index in [1.165, 1.54) is 28.9 Å². The number of aromatic nitrogens is 1. The monoisotopic (exact) mass is 507 g/mol. The zero-order chi connectivity index (χ0) is 22.7. The molecule has 0 N–H and O–H groups in total. The third-order valence-corrected chi connectivity index (χ3v) is 7.10. The van der Waals surface area contributed by atoms with Crippen molar-refractivity contribution in [2.45, 2.75) is 27.1 Å². The van der Waals surface area contributed by atoms with Gasteiger partial charge in [-0.05, 0) is 49.1 Å². The molecule has 0 aliphatic rings. The van der Waals surface area contributed by atoms with Crippen molar-refractivity contribution in [1.82, 2.24) is 4.98 Å². The molecule has 0 atom stereocenters. The number of carbonyl (C=O) groups is 1. The van der Waals surface area contributed by atoms with Gasteiger partial charge in [0.1, 0.15) is 29.9 Å². The quantitative estimate of drug-likeness (QED) is 0.185. The second-order valence-corrected chi connectivity index (χ2v) is 9.95. The van der Waals surface area contributed by atoms with Gasteiger partial charge in [-0.3, -0.25) is 0 Å². The highest BCUT2D eigenvalue weighted by atomic mass is 35.5. The van der Waals surface area contributed by atoms with E-state index in [0.717, 1.165) is 25.0 Å². The van der Waals surface area contributed by atoms with E-state index in [0.29, 0.717) is 40.8 Å². The van der Waals surface area contributed by atoms with Crippen LogP contribution in [-0.4, -0.2) is 17.6 Å². The van der Waals surface area contributed by atoms with Crippen molar-refractivity contribution in [3.63, 3.8) is 0 Å². The van der Waals surface area contributed by atoms with Gasteiger partial charge in [0.05, 0.1) is 21.2 Å². The van der Waals surface area contributed by atoms with E-state index in [1.807, 2.05) is 42.6 Å². The summed E-state index contributed by atoms with van der Waals surface area (Å²) in [4.78, 5) is 17.5. The normalized spacial score (nSPS) is 11.0. The van der Waals surface area contributed by atoms with Gasteiger partial charge in [0.2, 0.25) is 0 Å². The third-order valence-electron chi connectivity index (χ3n) is 4.55. The zero-order valence-corrected chi connectivity index (χ0v) is 20.5. The molecule has 0 bridgehead atoms. The van der Waals surface area contributed by atoms with Crippen molar-refractivity contribution in [2.24, 2.45) is 0 Å². The number of hydrogen-bond acceptors (Lipinski definition) is 7. The predicted molar refractivity (Wildman–Crippen MR) is 130 cm³/mol. The molecule has 0 aliphatic carbocycles. The molecule has 0 aliphatic heterocycles. The van der Waals surface area contributed by atoms with E-state index in [1.54, 1.807) is 6.92 Å². The summed E-state index contributed by atoms with van der Waals surface area (Å²) < 4.78 is 18.6. The van der Waals surface area contributed by atoms with Crippen LogP contribution in [-0.2, 0) is 18.0 Å². The number of esters is 1. The van der Waals surface area contributed by atoms with Gasteiger partial charge in [0.15, 0.2) is 0 Å². The number of halogens is 2. The Kier molecular flexibility index (Phi) is 7.20. The van der Waals surface area contributed by atoms with E-state index >= 15 is 0 Å². The van der Waals surface area contributed by atoms with Crippen molar-refractivity contribution >= 4 is 61.9 Å². The van der Waals surface area contributed by atoms with E-state index in [4.69, 9.17) is 37.4 Å². The molecule has 3 aromatic heterocycles. The molecule has 9 heteroatoms. The Labute approximate surface area is 203 Å². The fourth-order valence-corrected chi connectivity index (χ4v) is 5.52. The lowest BCUT2D eigenvalue weighted by Crippen LogP contribution is -2.05. The van der Waals surface area contributed by atoms with Crippen molar-refractivity contribution in [1.29, 1.82) is 0 Å². The summed E-state index contributed by atoms with van der Waals surface area (Å²) in [6.45, 7) is 4.75. The van der Waals surface area contributed by atoms with Crippen molar-refractivity contribution in [3.05, 3.63) is 73.0 Å². The van der Waals surface area contributed by atoms with Crippen LogP contribution >= 0.6 is 45.9 Å². The highest BCUT2D eigenvalue weighted by Crippen LogP contribution is 2.35. The van der Waals surface area contributed by atoms with E-state index in [9.17, 15) is 4.79 Å².